The predicted octanol–water partition coefficient (Wildman–Crippen LogP) is 3.32. The molecule has 34 heavy (non-hydrogen) atoms. The molecule has 4 N–H and O–H groups in total. The van der Waals surface area contributed by atoms with Crippen molar-refractivity contribution in [1.29, 1.82) is 0 Å². The minimum Gasteiger partial charge on any atom is -0.508 e. The van der Waals surface area contributed by atoms with Gasteiger partial charge in [-0.3, -0.25) is 10.0 Å². The van der Waals surface area contributed by atoms with Crippen molar-refractivity contribution in [2.45, 2.75) is 17.5 Å². The second-order valence-corrected chi connectivity index (χ2v) is 9.49. The zero-order valence-corrected chi connectivity index (χ0v) is 19.0. The SMILES string of the molecule is COc1cccc([C@H](C(=O)NO)N(Cc2ccc3[nH]ccc3c2)S(=O)(=O)c2ccc(O)cc2)c1. The number of phenolic OH excluding ortho intramolecular Hbond substituents is 1. The minimum absolute atomic E-state index is 0.0964. The molecule has 1 aromatic heterocycles. The number of hydrogen-bond acceptors (Lipinski definition) is 6. The third-order valence-corrected chi connectivity index (χ3v) is 7.28. The normalized spacial score (nSPS) is 12.6. The van der Waals surface area contributed by atoms with Crippen LogP contribution in [0.3, 0.4) is 0 Å². The number of hydroxylamine groups is 1. The van der Waals surface area contributed by atoms with Gasteiger partial charge in [0.15, 0.2) is 0 Å². The Morgan fingerprint density at radius 2 is 1.85 bits per heavy atom. The van der Waals surface area contributed by atoms with E-state index in [2.05, 4.69) is 4.98 Å². The Balaban J connectivity index is 1.87. The molecule has 1 amide bonds. The molecule has 0 aliphatic heterocycles. The van der Waals surface area contributed by atoms with Crippen LogP contribution < -0.4 is 10.2 Å². The summed E-state index contributed by atoms with van der Waals surface area (Å²) < 4.78 is 33.8. The van der Waals surface area contributed by atoms with Gasteiger partial charge in [0.2, 0.25) is 10.0 Å². The van der Waals surface area contributed by atoms with Crippen LogP contribution in [0.25, 0.3) is 10.9 Å². The van der Waals surface area contributed by atoms with Gasteiger partial charge in [0, 0.05) is 18.3 Å². The van der Waals surface area contributed by atoms with E-state index in [-0.39, 0.29) is 17.2 Å². The Hall–Kier alpha value is -3.86. The zero-order chi connectivity index (χ0) is 24.3. The van der Waals surface area contributed by atoms with Crippen LogP contribution in [0.4, 0.5) is 0 Å². The molecule has 10 heteroatoms. The standard InChI is InChI=1S/C24H23N3O6S/c1-33-20-4-2-3-18(14-20)23(24(29)26-30)27(34(31,32)21-8-6-19(28)7-9-21)15-16-5-10-22-17(13-16)11-12-25-22/h2-14,23,25,28,30H,15H2,1H3,(H,26,29)/t23-/m1/s1. The number of aromatic nitrogens is 1. The first kappa shape index (κ1) is 23.3. The number of hydrogen-bond donors (Lipinski definition) is 4. The van der Waals surface area contributed by atoms with Gasteiger partial charge < -0.3 is 14.8 Å². The molecular formula is C24H23N3O6S. The van der Waals surface area contributed by atoms with Crippen LogP contribution >= 0.6 is 0 Å². The molecule has 3 aromatic carbocycles. The number of aromatic amines is 1. The average Bonchev–Trinajstić information content (AvgIpc) is 3.32. The molecule has 0 fully saturated rings. The summed E-state index contributed by atoms with van der Waals surface area (Å²) in [6.45, 7) is -0.167. The summed E-state index contributed by atoms with van der Waals surface area (Å²) in [6.07, 6.45) is 1.78. The molecule has 0 aliphatic carbocycles. The van der Waals surface area contributed by atoms with Crippen LogP contribution in [0, 0.1) is 0 Å². The van der Waals surface area contributed by atoms with Crippen LogP contribution in [0.1, 0.15) is 17.2 Å². The molecule has 0 aliphatic rings. The van der Waals surface area contributed by atoms with Crippen molar-refractivity contribution in [3.8, 4) is 11.5 Å². The first-order chi connectivity index (χ1) is 16.3. The molecule has 0 saturated carbocycles. The average molecular weight is 482 g/mol. The Labute approximate surface area is 196 Å². The van der Waals surface area contributed by atoms with Gasteiger partial charge in [-0.1, -0.05) is 18.2 Å². The van der Waals surface area contributed by atoms with E-state index in [9.17, 15) is 23.5 Å². The van der Waals surface area contributed by atoms with Crippen molar-refractivity contribution >= 4 is 26.8 Å². The highest BCUT2D eigenvalue weighted by molar-refractivity contribution is 7.89. The lowest BCUT2D eigenvalue weighted by Gasteiger charge is -2.30. The second-order valence-electron chi connectivity index (χ2n) is 7.60. The third kappa shape index (κ3) is 4.60. The summed E-state index contributed by atoms with van der Waals surface area (Å²) in [6, 6.07) is 17.3. The lowest BCUT2D eigenvalue weighted by Crippen LogP contribution is -2.42. The Morgan fingerprint density at radius 3 is 2.56 bits per heavy atom. The summed E-state index contributed by atoms with van der Waals surface area (Å²) in [4.78, 5) is 15.9. The molecule has 176 valence electrons. The number of rotatable bonds is 8. The van der Waals surface area contributed by atoms with Crippen molar-refractivity contribution in [2.75, 3.05) is 7.11 Å². The number of ether oxygens (including phenoxy) is 1. The monoisotopic (exact) mass is 481 g/mol. The number of nitrogens with zero attached hydrogens (tertiary/aromatic N) is 1. The van der Waals surface area contributed by atoms with Gasteiger partial charge in [0.25, 0.3) is 5.91 Å². The quantitative estimate of drug-likeness (QED) is 0.226. The number of methoxy groups -OCH3 is 1. The fraction of sp³-hybridized carbons (Fsp3) is 0.125. The molecule has 0 saturated heterocycles. The number of amides is 1. The molecule has 9 nitrogen and oxygen atoms in total. The summed E-state index contributed by atoms with van der Waals surface area (Å²) in [5, 5.41) is 20.0. The Morgan fingerprint density at radius 1 is 1.09 bits per heavy atom. The fourth-order valence-corrected chi connectivity index (χ4v) is 5.34. The van der Waals surface area contributed by atoms with Gasteiger partial charge in [-0.15, -0.1) is 0 Å². The van der Waals surface area contributed by atoms with Gasteiger partial charge >= 0.3 is 0 Å². The van der Waals surface area contributed by atoms with E-state index in [1.54, 1.807) is 35.9 Å². The van der Waals surface area contributed by atoms with E-state index >= 15 is 0 Å². The number of carbonyl (C=O) groups is 1. The summed E-state index contributed by atoms with van der Waals surface area (Å²) in [5.74, 6) is -0.608. The number of aromatic hydroxyl groups is 1. The molecule has 1 heterocycles. The molecule has 4 aromatic rings. The van der Waals surface area contributed by atoms with Gasteiger partial charge in [0.1, 0.15) is 17.5 Å². The largest absolute Gasteiger partial charge is 0.508 e. The maximum atomic E-state index is 13.8. The maximum absolute atomic E-state index is 13.8. The number of benzene rings is 3. The fourth-order valence-electron chi connectivity index (χ4n) is 3.77. The highest BCUT2D eigenvalue weighted by Crippen LogP contribution is 2.32. The summed E-state index contributed by atoms with van der Waals surface area (Å²) in [7, 11) is -2.82. The summed E-state index contributed by atoms with van der Waals surface area (Å²) in [5.41, 5.74) is 3.41. The Bertz CT molecular complexity index is 1420. The highest BCUT2D eigenvalue weighted by atomic mass is 32.2. The van der Waals surface area contributed by atoms with E-state index in [0.29, 0.717) is 16.9 Å². The minimum atomic E-state index is -4.28. The van der Waals surface area contributed by atoms with Crippen molar-refractivity contribution < 1.29 is 28.3 Å². The van der Waals surface area contributed by atoms with Crippen LogP contribution in [0.2, 0.25) is 0 Å². The van der Waals surface area contributed by atoms with E-state index in [4.69, 9.17) is 4.74 Å². The van der Waals surface area contributed by atoms with E-state index < -0.39 is 22.0 Å². The maximum Gasteiger partial charge on any atom is 0.266 e. The summed E-state index contributed by atoms with van der Waals surface area (Å²) >= 11 is 0. The second kappa shape index (κ2) is 9.56. The molecule has 0 radical (unpaired) electrons. The van der Waals surface area contributed by atoms with Crippen LogP contribution in [0.15, 0.2) is 83.9 Å². The topological polar surface area (TPSA) is 132 Å². The van der Waals surface area contributed by atoms with E-state index in [1.165, 1.54) is 37.4 Å². The number of phenols is 1. The highest BCUT2D eigenvalue weighted by Gasteiger charge is 2.37. The lowest BCUT2D eigenvalue weighted by molar-refractivity contribution is -0.133. The molecule has 4 rings (SSSR count). The molecule has 0 bridgehead atoms. The van der Waals surface area contributed by atoms with Gasteiger partial charge in [-0.2, -0.15) is 4.31 Å². The zero-order valence-electron chi connectivity index (χ0n) is 18.2. The number of sulfonamides is 1. The number of carbonyl (C=O) groups excluding carboxylic acids is 1. The van der Waals surface area contributed by atoms with Crippen LogP contribution in [-0.2, 0) is 21.4 Å². The molecule has 0 spiro atoms. The van der Waals surface area contributed by atoms with E-state index in [1.807, 2.05) is 18.2 Å². The van der Waals surface area contributed by atoms with Gasteiger partial charge in [-0.05, 0) is 71.1 Å². The Kier molecular flexibility index (Phi) is 6.55. The number of nitrogens with one attached hydrogen (secondary N) is 2. The van der Waals surface area contributed by atoms with Gasteiger partial charge in [-0.25, -0.2) is 13.9 Å². The van der Waals surface area contributed by atoms with Crippen LogP contribution in [-0.4, -0.2) is 41.0 Å². The predicted molar refractivity (Wildman–Crippen MR) is 125 cm³/mol. The first-order valence-electron chi connectivity index (χ1n) is 10.3. The van der Waals surface area contributed by atoms with Crippen molar-refractivity contribution in [2.24, 2.45) is 0 Å². The number of H-pyrrole nitrogens is 1. The van der Waals surface area contributed by atoms with Crippen LogP contribution in [0.5, 0.6) is 11.5 Å². The third-order valence-electron chi connectivity index (χ3n) is 5.46. The smallest absolute Gasteiger partial charge is 0.266 e. The number of fused-ring (bicyclic) bond motifs is 1. The van der Waals surface area contributed by atoms with Crippen molar-refractivity contribution in [3.05, 3.63) is 90.1 Å². The molecule has 0 unspecified atom stereocenters. The first-order valence-corrected chi connectivity index (χ1v) is 11.7. The van der Waals surface area contributed by atoms with Gasteiger partial charge in [0.05, 0.1) is 12.0 Å². The lowest BCUT2D eigenvalue weighted by atomic mass is 10.0. The van der Waals surface area contributed by atoms with Crippen molar-refractivity contribution in [1.82, 2.24) is 14.8 Å². The van der Waals surface area contributed by atoms with Crippen molar-refractivity contribution in [3.63, 3.8) is 0 Å². The molecule has 1 atom stereocenters. The molecular weight excluding hydrogens is 458 g/mol. The van der Waals surface area contributed by atoms with E-state index in [0.717, 1.165) is 15.2 Å².